The maximum absolute atomic E-state index is 13.3. The van der Waals surface area contributed by atoms with Crippen LogP contribution >= 0.6 is 11.6 Å². The van der Waals surface area contributed by atoms with Crippen molar-refractivity contribution in [2.24, 2.45) is 5.92 Å². The minimum atomic E-state index is -0.391. The Morgan fingerprint density at radius 3 is 2.25 bits per heavy atom. The van der Waals surface area contributed by atoms with E-state index in [0.717, 1.165) is 16.2 Å². The predicted octanol–water partition coefficient (Wildman–Crippen LogP) is 4.73. The molecular weight excluding hydrogens is 478 g/mol. The van der Waals surface area contributed by atoms with Crippen molar-refractivity contribution in [2.75, 3.05) is 23.3 Å². The molecule has 0 radical (unpaired) electrons. The Bertz CT molecular complexity index is 1410. The normalized spacial score (nSPS) is 19.4. The number of nitrogens with zero attached hydrogens (tertiary/aromatic N) is 2. The van der Waals surface area contributed by atoms with Crippen LogP contribution in [0.2, 0.25) is 5.02 Å². The first-order valence-electron chi connectivity index (χ1n) is 11.9. The minimum Gasteiger partial charge on any atom is -0.339 e. The fourth-order valence-electron chi connectivity index (χ4n) is 5.55. The summed E-state index contributed by atoms with van der Waals surface area (Å²) in [5.41, 5.74) is 3.24. The number of piperidine rings is 1. The fourth-order valence-corrected chi connectivity index (χ4v) is 5.72. The van der Waals surface area contributed by atoms with Crippen LogP contribution in [0.1, 0.15) is 55.4 Å². The molecule has 8 heteroatoms. The van der Waals surface area contributed by atoms with E-state index in [1.807, 2.05) is 6.07 Å². The van der Waals surface area contributed by atoms with Crippen LogP contribution in [-0.4, -0.2) is 41.6 Å². The van der Waals surface area contributed by atoms with Crippen molar-refractivity contribution in [2.45, 2.75) is 18.8 Å². The molecule has 1 unspecified atom stereocenters. The van der Waals surface area contributed by atoms with Gasteiger partial charge in [0.25, 0.3) is 17.7 Å². The second kappa shape index (κ2) is 8.60. The van der Waals surface area contributed by atoms with Crippen molar-refractivity contribution in [3.05, 3.63) is 94.0 Å². The predicted molar refractivity (Wildman–Crippen MR) is 135 cm³/mol. The topological polar surface area (TPSA) is 86.8 Å². The molecule has 180 valence electrons. The molecule has 7 nitrogen and oxygen atoms in total. The van der Waals surface area contributed by atoms with Gasteiger partial charge in [-0.2, -0.15) is 0 Å². The first-order chi connectivity index (χ1) is 17.4. The molecule has 3 aromatic rings. The number of rotatable bonds is 3. The molecule has 0 saturated carbocycles. The summed E-state index contributed by atoms with van der Waals surface area (Å²) in [6.45, 7) is 1.04. The van der Waals surface area contributed by atoms with Gasteiger partial charge in [-0.1, -0.05) is 35.9 Å². The zero-order valence-corrected chi connectivity index (χ0v) is 20.0. The highest BCUT2D eigenvalue weighted by Gasteiger charge is 2.39. The zero-order valence-electron chi connectivity index (χ0n) is 19.2. The zero-order chi connectivity index (χ0) is 25.0. The molecule has 0 aliphatic carbocycles. The Morgan fingerprint density at radius 1 is 0.861 bits per heavy atom. The second-order valence-electron chi connectivity index (χ2n) is 9.37. The van der Waals surface area contributed by atoms with Gasteiger partial charge in [0.2, 0.25) is 5.91 Å². The van der Waals surface area contributed by atoms with E-state index in [9.17, 15) is 19.2 Å². The van der Waals surface area contributed by atoms with Crippen molar-refractivity contribution in [3.63, 3.8) is 0 Å². The lowest BCUT2D eigenvalue weighted by atomic mass is 9.80. The van der Waals surface area contributed by atoms with Crippen LogP contribution < -0.4 is 10.2 Å². The lowest BCUT2D eigenvalue weighted by Gasteiger charge is -2.34. The smallest absolute Gasteiger partial charge is 0.266 e. The number of carbonyl (C=O) groups excluding carboxylic acids is 4. The summed E-state index contributed by atoms with van der Waals surface area (Å²) < 4.78 is 0. The number of carbonyl (C=O) groups is 4. The van der Waals surface area contributed by atoms with Crippen LogP contribution in [0, 0.1) is 5.92 Å². The first-order valence-corrected chi connectivity index (χ1v) is 12.3. The van der Waals surface area contributed by atoms with Crippen LogP contribution in [-0.2, 0) is 4.79 Å². The standard InChI is InChI=1S/C28H22ClN3O4/c29-18-8-9-22-23(15-18)30-25(33)24(22)16-10-12-31(13-11-16)26(34)17-4-3-5-19(14-17)32-27(35)20-6-1-2-7-21(20)28(32)36/h1-9,14-16,24H,10-13H2,(H,30,33). The number of hydrogen-bond donors (Lipinski definition) is 1. The molecule has 6 rings (SSSR count). The van der Waals surface area contributed by atoms with E-state index in [1.54, 1.807) is 65.6 Å². The van der Waals surface area contributed by atoms with Gasteiger partial charge in [0.15, 0.2) is 0 Å². The quantitative estimate of drug-likeness (QED) is 0.528. The van der Waals surface area contributed by atoms with Gasteiger partial charge in [0.1, 0.15) is 0 Å². The van der Waals surface area contributed by atoms with Crippen LogP contribution in [0.15, 0.2) is 66.7 Å². The fraction of sp³-hybridized carbons (Fsp3) is 0.214. The molecule has 1 N–H and O–H groups in total. The number of hydrogen-bond acceptors (Lipinski definition) is 4. The van der Waals surface area contributed by atoms with E-state index >= 15 is 0 Å². The van der Waals surface area contributed by atoms with Crippen molar-refractivity contribution < 1.29 is 19.2 Å². The van der Waals surface area contributed by atoms with E-state index in [2.05, 4.69) is 5.32 Å². The number of benzene rings is 3. The Morgan fingerprint density at radius 2 is 1.56 bits per heavy atom. The number of halogens is 1. The largest absolute Gasteiger partial charge is 0.339 e. The number of fused-ring (bicyclic) bond motifs is 2. The molecule has 1 fully saturated rings. The third kappa shape index (κ3) is 3.58. The molecule has 3 aliphatic rings. The Labute approximate surface area is 212 Å². The van der Waals surface area contributed by atoms with Gasteiger partial charge in [0, 0.05) is 29.4 Å². The van der Waals surface area contributed by atoms with Gasteiger partial charge in [-0.15, -0.1) is 0 Å². The molecule has 4 amide bonds. The van der Waals surface area contributed by atoms with Gasteiger partial charge in [-0.3, -0.25) is 19.2 Å². The average Bonchev–Trinajstić information content (AvgIpc) is 3.35. The third-order valence-electron chi connectivity index (χ3n) is 7.33. The molecule has 3 aromatic carbocycles. The second-order valence-corrected chi connectivity index (χ2v) is 9.81. The molecule has 1 saturated heterocycles. The number of likely N-dealkylation sites (tertiary alicyclic amines) is 1. The first kappa shape index (κ1) is 22.5. The van der Waals surface area contributed by atoms with Crippen LogP contribution in [0.3, 0.4) is 0 Å². The van der Waals surface area contributed by atoms with Gasteiger partial charge >= 0.3 is 0 Å². The van der Waals surface area contributed by atoms with Crippen molar-refractivity contribution in [3.8, 4) is 0 Å². The SMILES string of the molecule is O=C1Nc2cc(Cl)ccc2C1C1CCN(C(=O)c2cccc(N3C(=O)c4ccccc4C3=O)c2)CC1. The summed E-state index contributed by atoms with van der Waals surface area (Å²) in [7, 11) is 0. The number of amides is 4. The van der Waals surface area contributed by atoms with E-state index in [-0.39, 0.29) is 23.7 Å². The highest BCUT2D eigenvalue weighted by molar-refractivity contribution is 6.34. The lowest BCUT2D eigenvalue weighted by molar-refractivity contribution is -0.118. The molecule has 0 spiro atoms. The van der Waals surface area contributed by atoms with Crippen LogP contribution in [0.25, 0.3) is 0 Å². The minimum absolute atomic E-state index is 0.0225. The summed E-state index contributed by atoms with van der Waals surface area (Å²) in [5.74, 6) is -1.08. The molecular formula is C28H22ClN3O4. The average molecular weight is 500 g/mol. The lowest BCUT2D eigenvalue weighted by Crippen LogP contribution is -2.40. The molecule has 3 heterocycles. The summed E-state index contributed by atoms with van der Waals surface area (Å²) in [6.07, 6.45) is 1.40. The maximum Gasteiger partial charge on any atom is 0.266 e. The Hall–Kier alpha value is -3.97. The van der Waals surface area contributed by atoms with Crippen LogP contribution in [0.4, 0.5) is 11.4 Å². The van der Waals surface area contributed by atoms with Gasteiger partial charge < -0.3 is 10.2 Å². The summed E-state index contributed by atoms with van der Waals surface area (Å²) in [6, 6.07) is 18.8. The summed E-state index contributed by atoms with van der Waals surface area (Å²) >= 11 is 6.07. The van der Waals surface area contributed by atoms with E-state index in [4.69, 9.17) is 11.6 Å². The molecule has 0 aromatic heterocycles. The van der Waals surface area contributed by atoms with Gasteiger partial charge in [-0.25, -0.2) is 4.90 Å². The van der Waals surface area contributed by atoms with Crippen LogP contribution in [0.5, 0.6) is 0 Å². The summed E-state index contributed by atoms with van der Waals surface area (Å²) in [5, 5.41) is 3.51. The molecule has 0 bridgehead atoms. The number of imide groups is 1. The summed E-state index contributed by atoms with van der Waals surface area (Å²) in [4.78, 5) is 54.6. The van der Waals surface area contributed by atoms with E-state index in [1.165, 1.54) is 0 Å². The number of nitrogens with one attached hydrogen (secondary N) is 1. The Kier molecular flexibility index (Phi) is 5.38. The Balaban J connectivity index is 1.17. The highest BCUT2D eigenvalue weighted by Crippen LogP contribution is 2.42. The molecule has 3 aliphatic heterocycles. The number of anilines is 2. The monoisotopic (exact) mass is 499 g/mol. The molecule has 1 atom stereocenters. The van der Waals surface area contributed by atoms with E-state index in [0.29, 0.717) is 53.3 Å². The van der Waals surface area contributed by atoms with Gasteiger partial charge in [-0.05, 0) is 66.8 Å². The highest BCUT2D eigenvalue weighted by atomic mass is 35.5. The van der Waals surface area contributed by atoms with E-state index < -0.39 is 11.8 Å². The third-order valence-corrected chi connectivity index (χ3v) is 7.57. The van der Waals surface area contributed by atoms with Crippen molar-refractivity contribution in [1.29, 1.82) is 0 Å². The maximum atomic E-state index is 13.3. The van der Waals surface area contributed by atoms with Gasteiger partial charge in [0.05, 0.1) is 22.7 Å². The van der Waals surface area contributed by atoms with Crippen molar-refractivity contribution in [1.82, 2.24) is 4.90 Å². The molecule has 36 heavy (non-hydrogen) atoms. The van der Waals surface area contributed by atoms with Crippen molar-refractivity contribution >= 4 is 46.6 Å².